The third-order valence-electron chi connectivity index (χ3n) is 2.91. The van der Waals surface area contributed by atoms with Gasteiger partial charge in [-0.15, -0.1) is 5.10 Å². The van der Waals surface area contributed by atoms with E-state index >= 15 is 0 Å². The molecule has 0 aliphatic rings. The van der Waals surface area contributed by atoms with Crippen LogP contribution in [0, 0.1) is 0 Å². The molecule has 5 heteroatoms. The first-order valence-corrected chi connectivity index (χ1v) is 6.36. The van der Waals surface area contributed by atoms with Crippen molar-refractivity contribution in [2.75, 3.05) is 18.5 Å². The minimum Gasteiger partial charge on any atom is -0.389 e. The topological polar surface area (TPSA) is 55.0 Å². The van der Waals surface area contributed by atoms with E-state index in [1.807, 2.05) is 11.9 Å². The average molecular weight is 252 g/mol. The summed E-state index contributed by atoms with van der Waals surface area (Å²) < 4.78 is 0. The number of rotatable bonds is 5. The number of hydrogen-bond acceptors (Lipinski definition) is 4. The summed E-state index contributed by atoms with van der Waals surface area (Å²) >= 11 is 5.16. The van der Waals surface area contributed by atoms with Crippen molar-refractivity contribution in [2.45, 2.75) is 33.6 Å². The second-order valence-electron chi connectivity index (χ2n) is 3.91. The van der Waals surface area contributed by atoms with Gasteiger partial charge in [0.1, 0.15) is 4.99 Å². The third-order valence-corrected chi connectivity index (χ3v) is 3.11. The molecule has 0 atom stereocenters. The maximum Gasteiger partial charge on any atom is 0.161 e. The number of thiocarbonyl (C=S) groups is 1. The fourth-order valence-electron chi connectivity index (χ4n) is 1.84. The van der Waals surface area contributed by atoms with E-state index in [0.29, 0.717) is 4.99 Å². The van der Waals surface area contributed by atoms with E-state index in [1.165, 1.54) is 0 Å². The van der Waals surface area contributed by atoms with E-state index in [-0.39, 0.29) is 0 Å². The first-order valence-electron chi connectivity index (χ1n) is 5.96. The van der Waals surface area contributed by atoms with Crippen LogP contribution in [0.2, 0.25) is 0 Å². The number of aromatic nitrogens is 2. The molecule has 0 aromatic carbocycles. The molecule has 0 saturated heterocycles. The molecule has 1 aromatic rings. The van der Waals surface area contributed by atoms with Gasteiger partial charge in [-0.25, -0.2) is 0 Å². The van der Waals surface area contributed by atoms with Gasteiger partial charge in [-0.1, -0.05) is 26.1 Å². The van der Waals surface area contributed by atoms with Crippen molar-refractivity contribution in [3.05, 3.63) is 16.8 Å². The van der Waals surface area contributed by atoms with Crippen molar-refractivity contribution in [2.24, 2.45) is 5.73 Å². The zero-order chi connectivity index (χ0) is 13.0. The Kier molecular flexibility index (Phi) is 4.81. The minimum atomic E-state index is 0.404. The van der Waals surface area contributed by atoms with Crippen LogP contribution in [0.1, 0.15) is 37.6 Å². The summed E-state index contributed by atoms with van der Waals surface area (Å²) in [5, 5.41) is 8.53. The number of nitrogens with two attached hydrogens (primary N) is 1. The highest BCUT2D eigenvalue weighted by molar-refractivity contribution is 7.80. The van der Waals surface area contributed by atoms with E-state index in [9.17, 15) is 0 Å². The van der Waals surface area contributed by atoms with Gasteiger partial charge in [0.25, 0.3) is 0 Å². The van der Waals surface area contributed by atoms with Crippen LogP contribution in [0.4, 0.5) is 5.82 Å². The predicted molar refractivity (Wildman–Crippen MR) is 75.6 cm³/mol. The Morgan fingerprint density at radius 2 is 1.88 bits per heavy atom. The molecular weight excluding hydrogens is 232 g/mol. The molecule has 0 fully saturated rings. The van der Waals surface area contributed by atoms with Crippen LogP contribution in [-0.4, -0.2) is 28.8 Å². The second-order valence-corrected chi connectivity index (χ2v) is 4.35. The number of anilines is 1. The molecule has 1 rings (SSSR count). The third kappa shape index (κ3) is 2.72. The SMILES string of the molecule is CCc1nnc(N(C)CC)c(C(N)=S)c1CC. The van der Waals surface area contributed by atoms with Gasteiger partial charge in [0.15, 0.2) is 5.82 Å². The fourth-order valence-corrected chi connectivity index (χ4v) is 2.05. The molecule has 0 bridgehead atoms. The van der Waals surface area contributed by atoms with Crippen LogP contribution >= 0.6 is 12.2 Å². The van der Waals surface area contributed by atoms with Crippen molar-refractivity contribution in [3.8, 4) is 0 Å². The molecular formula is C12H20N4S. The number of nitrogens with zero attached hydrogens (tertiary/aromatic N) is 3. The molecule has 0 radical (unpaired) electrons. The summed E-state index contributed by atoms with van der Waals surface area (Å²) in [5.41, 5.74) is 8.85. The van der Waals surface area contributed by atoms with E-state index in [0.717, 1.165) is 42.0 Å². The number of aryl methyl sites for hydroxylation is 1. The van der Waals surface area contributed by atoms with E-state index in [2.05, 4.69) is 31.0 Å². The lowest BCUT2D eigenvalue weighted by Crippen LogP contribution is -2.25. The van der Waals surface area contributed by atoms with E-state index < -0.39 is 0 Å². The lowest BCUT2D eigenvalue weighted by molar-refractivity contribution is 0.835. The Labute approximate surface area is 108 Å². The molecule has 0 unspecified atom stereocenters. The largest absolute Gasteiger partial charge is 0.389 e. The molecule has 2 N–H and O–H groups in total. The van der Waals surface area contributed by atoms with Crippen LogP contribution in [0.5, 0.6) is 0 Å². The quantitative estimate of drug-likeness (QED) is 0.808. The van der Waals surface area contributed by atoms with Crippen molar-refractivity contribution in [1.82, 2.24) is 10.2 Å². The highest BCUT2D eigenvalue weighted by Crippen LogP contribution is 2.23. The Morgan fingerprint density at radius 3 is 2.29 bits per heavy atom. The van der Waals surface area contributed by atoms with Gasteiger partial charge in [0.2, 0.25) is 0 Å². The zero-order valence-corrected chi connectivity index (χ0v) is 11.8. The summed E-state index contributed by atoms with van der Waals surface area (Å²) in [7, 11) is 1.97. The van der Waals surface area contributed by atoms with Gasteiger partial charge in [0.05, 0.1) is 11.3 Å². The van der Waals surface area contributed by atoms with Gasteiger partial charge in [-0.3, -0.25) is 0 Å². The zero-order valence-electron chi connectivity index (χ0n) is 10.9. The van der Waals surface area contributed by atoms with Gasteiger partial charge in [-0.05, 0) is 25.3 Å². The molecule has 17 heavy (non-hydrogen) atoms. The van der Waals surface area contributed by atoms with Crippen LogP contribution in [-0.2, 0) is 12.8 Å². The maximum atomic E-state index is 5.84. The molecule has 0 spiro atoms. The van der Waals surface area contributed by atoms with Crippen molar-refractivity contribution >= 4 is 23.0 Å². The number of hydrogen-bond donors (Lipinski definition) is 1. The van der Waals surface area contributed by atoms with Gasteiger partial charge in [-0.2, -0.15) is 5.10 Å². The molecule has 94 valence electrons. The Morgan fingerprint density at radius 1 is 1.24 bits per heavy atom. The lowest BCUT2D eigenvalue weighted by atomic mass is 10.0. The van der Waals surface area contributed by atoms with Crippen LogP contribution in [0.15, 0.2) is 0 Å². The van der Waals surface area contributed by atoms with Crippen molar-refractivity contribution in [1.29, 1.82) is 0 Å². The maximum absolute atomic E-state index is 5.84. The standard InChI is InChI=1S/C12H20N4S/c1-5-8-9(6-2)14-15-12(16(4)7-3)10(8)11(13)17/h5-7H2,1-4H3,(H2,13,17). The van der Waals surface area contributed by atoms with E-state index in [4.69, 9.17) is 18.0 Å². The van der Waals surface area contributed by atoms with Crippen molar-refractivity contribution in [3.63, 3.8) is 0 Å². The highest BCUT2D eigenvalue weighted by Gasteiger charge is 2.18. The molecule has 0 saturated carbocycles. The van der Waals surface area contributed by atoms with Gasteiger partial charge in [0, 0.05) is 13.6 Å². The lowest BCUT2D eigenvalue weighted by Gasteiger charge is -2.21. The van der Waals surface area contributed by atoms with Gasteiger partial charge >= 0.3 is 0 Å². The molecule has 0 aliphatic heterocycles. The highest BCUT2D eigenvalue weighted by atomic mass is 32.1. The van der Waals surface area contributed by atoms with E-state index in [1.54, 1.807) is 0 Å². The molecule has 0 aliphatic carbocycles. The Bertz CT molecular complexity index is 417. The average Bonchev–Trinajstić information content (AvgIpc) is 2.35. The van der Waals surface area contributed by atoms with Crippen molar-refractivity contribution < 1.29 is 0 Å². The monoisotopic (exact) mass is 252 g/mol. The normalized spacial score (nSPS) is 10.4. The minimum absolute atomic E-state index is 0.404. The van der Waals surface area contributed by atoms with Gasteiger partial charge < -0.3 is 10.6 Å². The van der Waals surface area contributed by atoms with Crippen LogP contribution < -0.4 is 10.6 Å². The first kappa shape index (κ1) is 13.8. The van der Waals surface area contributed by atoms with Crippen LogP contribution in [0.25, 0.3) is 0 Å². The van der Waals surface area contributed by atoms with Crippen LogP contribution in [0.3, 0.4) is 0 Å². The second kappa shape index (κ2) is 5.91. The summed E-state index contributed by atoms with van der Waals surface area (Å²) in [6.07, 6.45) is 1.72. The Hall–Kier alpha value is -1.23. The summed E-state index contributed by atoms with van der Waals surface area (Å²) in [6.45, 7) is 7.06. The smallest absolute Gasteiger partial charge is 0.161 e. The molecule has 0 amide bonds. The predicted octanol–water partition coefficient (Wildman–Crippen LogP) is 1.69. The molecule has 4 nitrogen and oxygen atoms in total. The first-order chi connectivity index (χ1) is 8.06. The summed E-state index contributed by atoms with van der Waals surface area (Å²) in [6, 6.07) is 0. The fraction of sp³-hybridized carbons (Fsp3) is 0.583. The Balaban J connectivity index is 3.47. The molecule has 1 aromatic heterocycles. The summed E-state index contributed by atoms with van der Waals surface area (Å²) in [5.74, 6) is 0.786. The molecule has 1 heterocycles. The summed E-state index contributed by atoms with van der Waals surface area (Å²) in [4.78, 5) is 2.42.